The number of nitriles is 1. The third-order valence-corrected chi connectivity index (χ3v) is 6.53. The van der Waals surface area contributed by atoms with Crippen molar-refractivity contribution >= 4 is 22.7 Å². The van der Waals surface area contributed by atoms with E-state index in [4.69, 9.17) is 5.26 Å². The van der Waals surface area contributed by atoms with Crippen molar-refractivity contribution in [1.82, 2.24) is 9.55 Å². The van der Waals surface area contributed by atoms with Crippen molar-refractivity contribution < 1.29 is 4.55 Å². The fourth-order valence-electron chi connectivity index (χ4n) is 3.26. The zero-order chi connectivity index (χ0) is 21.3. The standard InChI is InChI=1S/C22H22N4O2S/c1-13-10-14(2)19(15(3)11-13)29(28)21-16(4)26(5)22(27)20(25-21)24-18-8-6-17(12-23)7-9-18/h6-11H,1-5H3,(H,24,25). The molecule has 0 saturated heterocycles. The Balaban J connectivity index is 2.08. The fourth-order valence-corrected chi connectivity index (χ4v) is 4.74. The first kappa shape index (κ1) is 20.6. The van der Waals surface area contributed by atoms with Crippen LogP contribution < -0.4 is 10.9 Å². The van der Waals surface area contributed by atoms with E-state index in [1.807, 2.05) is 32.9 Å². The average Bonchev–Trinajstić information content (AvgIpc) is 2.68. The summed E-state index contributed by atoms with van der Waals surface area (Å²) in [6.07, 6.45) is 0. The molecule has 0 aliphatic rings. The van der Waals surface area contributed by atoms with Crippen LogP contribution in [0.3, 0.4) is 0 Å². The van der Waals surface area contributed by atoms with Gasteiger partial charge in [-0.05, 0) is 52.0 Å². The van der Waals surface area contributed by atoms with Crippen LogP contribution in [-0.2, 0) is 18.2 Å². The first-order chi connectivity index (χ1) is 13.7. The highest BCUT2D eigenvalue weighted by Gasteiger charge is 2.27. The van der Waals surface area contributed by atoms with E-state index in [1.165, 1.54) is 4.57 Å². The Kier molecular flexibility index (Phi) is 5.78. The van der Waals surface area contributed by atoms with E-state index in [0.29, 0.717) is 26.9 Å². The Morgan fingerprint density at radius 3 is 2.24 bits per heavy atom. The van der Waals surface area contributed by atoms with Gasteiger partial charge in [0.05, 0.1) is 17.3 Å². The predicted molar refractivity (Wildman–Crippen MR) is 114 cm³/mol. The zero-order valence-electron chi connectivity index (χ0n) is 17.0. The molecule has 0 amide bonds. The number of hydrogen-bond donors (Lipinski definition) is 1. The molecule has 148 valence electrons. The van der Waals surface area contributed by atoms with Crippen LogP contribution >= 0.6 is 0 Å². The molecule has 29 heavy (non-hydrogen) atoms. The van der Waals surface area contributed by atoms with Gasteiger partial charge < -0.3 is 14.4 Å². The Morgan fingerprint density at radius 2 is 1.69 bits per heavy atom. The molecule has 0 bridgehead atoms. The Labute approximate surface area is 173 Å². The minimum Gasteiger partial charge on any atom is -0.605 e. The maximum Gasteiger partial charge on any atom is 0.293 e. The number of aromatic nitrogens is 2. The maximum atomic E-state index is 13.4. The molecule has 1 atom stereocenters. The van der Waals surface area contributed by atoms with Gasteiger partial charge in [0.1, 0.15) is 0 Å². The highest BCUT2D eigenvalue weighted by Crippen LogP contribution is 2.29. The van der Waals surface area contributed by atoms with Gasteiger partial charge in [-0.2, -0.15) is 10.2 Å². The van der Waals surface area contributed by atoms with Gasteiger partial charge in [0.25, 0.3) is 10.6 Å². The maximum absolute atomic E-state index is 13.4. The summed E-state index contributed by atoms with van der Waals surface area (Å²) in [5.74, 6) is 0.0913. The molecule has 6 nitrogen and oxygen atoms in total. The van der Waals surface area contributed by atoms with E-state index in [2.05, 4.69) is 16.4 Å². The molecule has 1 N–H and O–H groups in total. The fraction of sp³-hybridized carbons (Fsp3) is 0.227. The summed E-state index contributed by atoms with van der Waals surface area (Å²) < 4.78 is 14.9. The second-order valence-electron chi connectivity index (χ2n) is 7.03. The summed E-state index contributed by atoms with van der Waals surface area (Å²) in [4.78, 5) is 17.9. The normalized spacial score (nSPS) is 11.8. The minimum atomic E-state index is -1.54. The largest absolute Gasteiger partial charge is 0.605 e. The van der Waals surface area contributed by atoms with Gasteiger partial charge in [-0.1, -0.05) is 17.7 Å². The van der Waals surface area contributed by atoms with E-state index in [9.17, 15) is 9.35 Å². The van der Waals surface area contributed by atoms with Gasteiger partial charge in [0.15, 0.2) is 4.90 Å². The van der Waals surface area contributed by atoms with E-state index in [0.717, 1.165) is 16.7 Å². The lowest BCUT2D eigenvalue weighted by molar-refractivity contribution is 0.585. The Morgan fingerprint density at radius 1 is 1.10 bits per heavy atom. The molecular formula is C22H22N4O2S. The summed E-state index contributed by atoms with van der Waals surface area (Å²) >= 11 is -1.54. The lowest BCUT2D eigenvalue weighted by Gasteiger charge is -2.18. The summed E-state index contributed by atoms with van der Waals surface area (Å²) in [6, 6.07) is 12.7. The molecule has 2 aromatic carbocycles. The third kappa shape index (κ3) is 4.04. The number of hydrogen-bond acceptors (Lipinski definition) is 5. The average molecular weight is 407 g/mol. The van der Waals surface area contributed by atoms with Crippen molar-refractivity contribution in [1.29, 1.82) is 5.26 Å². The van der Waals surface area contributed by atoms with Crippen LogP contribution in [0.2, 0.25) is 0 Å². The third-order valence-electron chi connectivity index (χ3n) is 4.78. The van der Waals surface area contributed by atoms with E-state index in [1.54, 1.807) is 38.2 Å². The second kappa shape index (κ2) is 8.11. The van der Waals surface area contributed by atoms with Gasteiger partial charge in [-0.3, -0.25) is 4.79 Å². The van der Waals surface area contributed by atoms with Crippen LogP contribution in [0.25, 0.3) is 0 Å². The quantitative estimate of drug-likeness (QED) is 0.665. The van der Waals surface area contributed by atoms with Crippen LogP contribution in [-0.4, -0.2) is 14.1 Å². The van der Waals surface area contributed by atoms with E-state index < -0.39 is 11.2 Å². The number of anilines is 2. The Hall–Kier alpha value is -3.08. The highest BCUT2D eigenvalue weighted by molar-refractivity contribution is 7.91. The second-order valence-corrected chi connectivity index (χ2v) is 8.36. The van der Waals surface area contributed by atoms with Crippen molar-refractivity contribution in [3.05, 3.63) is 74.7 Å². The number of nitrogens with zero attached hydrogens (tertiary/aromatic N) is 3. The van der Waals surface area contributed by atoms with Crippen molar-refractivity contribution in [2.24, 2.45) is 7.05 Å². The highest BCUT2D eigenvalue weighted by atomic mass is 32.2. The molecule has 3 aromatic rings. The molecule has 1 unspecified atom stereocenters. The van der Waals surface area contributed by atoms with E-state index in [-0.39, 0.29) is 11.4 Å². The number of rotatable bonds is 4. The van der Waals surface area contributed by atoms with Crippen molar-refractivity contribution in [3.8, 4) is 6.07 Å². The van der Waals surface area contributed by atoms with Gasteiger partial charge in [-0.25, -0.2) is 0 Å². The molecule has 0 aliphatic carbocycles. The first-order valence-corrected chi connectivity index (χ1v) is 10.2. The molecule has 0 radical (unpaired) electrons. The molecule has 0 saturated carbocycles. The van der Waals surface area contributed by atoms with Crippen LogP contribution in [0, 0.1) is 39.0 Å². The smallest absolute Gasteiger partial charge is 0.293 e. The van der Waals surface area contributed by atoms with Gasteiger partial charge in [-0.15, -0.1) is 0 Å². The molecule has 1 aromatic heterocycles. The number of nitrogens with one attached hydrogen (secondary N) is 1. The summed E-state index contributed by atoms with van der Waals surface area (Å²) in [5.41, 5.74) is 4.34. The minimum absolute atomic E-state index is 0.0913. The molecular weight excluding hydrogens is 384 g/mol. The van der Waals surface area contributed by atoms with E-state index >= 15 is 0 Å². The van der Waals surface area contributed by atoms with Crippen LogP contribution in [0.1, 0.15) is 27.9 Å². The lowest BCUT2D eigenvalue weighted by Crippen LogP contribution is -2.27. The first-order valence-electron chi connectivity index (χ1n) is 9.07. The zero-order valence-corrected chi connectivity index (χ0v) is 17.8. The Bertz CT molecular complexity index is 1150. The number of benzene rings is 2. The van der Waals surface area contributed by atoms with Gasteiger partial charge in [0.2, 0.25) is 5.82 Å². The van der Waals surface area contributed by atoms with Crippen LogP contribution in [0.4, 0.5) is 11.5 Å². The predicted octanol–water partition coefficient (Wildman–Crippen LogP) is 3.80. The van der Waals surface area contributed by atoms with Crippen molar-refractivity contribution in [3.63, 3.8) is 0 Å². The van der Waals surface area contributed by atoms with Crippen molar-refractivity contribution in [2.45, 2.75) is 37.6 Å². The molecule has 0 fully saturated rings. The summed E-state index contributed by atoms with van der Waals surface area (Å²) in [5, 5.41) is 12.3. The molecule has 0 aliphatic heterocycles. The van der Waals surface area contributed by atoms with Crippen LogP contribution in [0.5, 0.6) is 0 Å². The molecule has 1 heterocycles. The van der Waals surface area contributed by atoms with Crippen molar-refractivity contribution in [2.75, 3.05) is 5.32 Å². The topological polar surface area (TPSA) is 93.8 Å². The van der Waals surface area contributed by atoms with Crippen LogP contribution in [0.15, 0.2) is 51.1 Å². The molecule has 3 rings (SSSR count). The molecule has 0 spiro atoms. The molecule has 7 heteroatoms. The summed E-state index contributed by atoms with van der Waals surface area (Å²) in [7, 11) is 1.64. The summed E-state index contributed by atoms with van der Waals surface area (Å²) in [6.45, 7) is 7.61. The monoisotopic (exact) mass is 406 g/mol. The lowest BCUT2D eigenvalue weighted by atomic mass is 10.1. The SMILES string of the molecule is Cc1cc(C)c([S+]([O-])c2nc(Nc3ccc(C#N)cc3)c(=O)n(C)c2C)c(C)c1. The van der Waals surface area contributed by atoms with Gasteiger partial charge in [0, 0.05) is 35.0 Å². The number of aryl methyl sites for hydroxylation is 3. The van der Waals surface area contributed by atoms with Gasteiger partial charge >= 0.3 is 0 Å².